The highest BCUT2D eigenvalue weighted by molar-refractivity contribution is 5.81. The summed E-state index contributed by atoms with van der Waals surface area (Å²) in [5.41, 5.74) is 3.25. The van der Waals surface area contributed by atoms with Crippen LogP contribution in [0.3, 0.4) is 0 Å². The maximum absolute atomic E-state index is 14.8. The number of hydrogen-bond donors (Lipinski definition) is 2. The van der Waals surface area contributed by atoms with Crippen molar-refractivity contribution >= 4 is 17.6 Å². The van der Waals surface area contributed by atoms with Crippen LogP contribution in [0.5, 0.6) is 0 Å². The summed E-state index contributed by atoms with van der Waals surface area (Å²) in [5, 5.41) is 10.2. The Bertz CT molecular complexity index is 902. The SMILES string of the molecule is CC(C)C(=O)COCC(=O)OC[C@H]1O[C@]2(n3ccc(N)nc3=O)C=CC2[C@@H](F)[C@H]1O. The number of anilines is 1. The van der Waals surface area contributed by atoms with E-state index in [4.69, 9.17) is 19.9 Å². The molecule has 1 aromatic rings. The Balaban J connectivity index is 1.65. The first-order valence-electron chi connectivity index (χ1n) is 9.46. The van der Waals surface area contributed by atoms with E-state index >= 15 is 0 Å². The fraction of sp³-hybridized carbons (Fsp3) is 0.579. The number of carbonyl (C=O) groups excluding carboxylic acids is 2. The zero-order valence-electron chi connectivity index (χ0n) is 16.6. The third kappa shape index (κ3) is 4.13. The summed E-state index contributed by atoms with van der Waals surface area (Å²) in [6.07, 6.45) is -0.303. The second-order valence-corrected chi connectivity index (χ2v) is 7.53. The number of hydrogen-bond acceptors (Lipinski definition) is 9. The monoisotopic (exact) mass is 425 g/mol. The van der Waals surface area contributed by atoms with Crippen molar-refractivity contribution in [3.63, 3.8) is 0 Å². The quantitative estimate of drug-likeness (QED) is 0.418. The van der Waals surface area contributed by atoms with E-state index in [1.54, 1.807) is 13.8 Å². The molecule has 0 spiro atoms. The number of halogens is 1. The fourth-order valence-electron chi connectivity index (χ4n) is 3.28. The third-order valence-electron chi connectivity index (χ3n) is 5.13. The number of rotatable bonds is 8. The van der Waals surface area contributed by atoms with Crippen molar-refractivity contribution in [2.24, 2.45) is 11.8 Å². The van der Waals surface area contributed by atoms with E-state index in [0.717, 1.165) is 4.57 Å². The summed E-state index contributed by atoms with van der Waals surface area (Å²) in [6.45, 7) is 2.24. The molecule has 2 aliphatic rings. The first kappa shape index (κ1) is 22.1. The highest BCUT2D eigenvalue weighted by Crippen LogP contribution is 2.47. The van der Waals surface area contributed by atoms with E-state index in [9.17, 15) is 23.9 Å². The molecular weight excluding hydrogens is 401 g/mol. The van der Waals surface area contributed by atoms with Crippen molar-refractivity contribution in [2.75, 3.05) is 25.6 Å². The highest BCUT2D eigenvalue weighted by atomic mass is 19.1. The summed E-state index contributed by atoms with van der Waals surface area (Å²) in [7, 11) is 0. The number of nitrogens with two attached hydrogens (primary N) is 1. The lowest BCUT2D eigenvalue weighted by molar-refractivity contribution is -0.260. The van der Waals surface area contributed by atoms with Gasteiger partial charge in [-0.1, -0.05) is 19.9 Å². The van der Waals surface area contributed by atoms with Gasteiger partial charge < -0.3 is 25.1 Å². The number of aliphatic hydroxyl groups excluding tert-OH is 1. The van der Waals surface area contributed by atoms with Crippen LogP contribution < -0.4 is 11.4 Å². The second-order valence-electron chi connectivity index (χ2n) is 7.53. The number of nitrogen functional groups attached to an aromatic ring is 1. The lowest BCUT2D eigenvalue weighted by Crippen LogP contribution is -2.65. The molecule has 1 aromatic heterocycles. The van der Waals surface area contributed by atoms with Gasteiger partial charge in [-0.2, -0.15) is 4.98 Å². The first-order valence-corrected chi connectivity index (χ1v) is 9.46. The van der Waals surface area contributed by atoms with Crippen LogP contribution in [0.25, 0.3) is 0 Å². The minimum Gasteiger partial charge on any atom is -0.461 e. The number of Topliss-reactive ketones (excluding diaryl/α,β-unsaturated/α-hetero) is 1. The van der Waals surface area contributed by atoms with Gasteiger partial charge in [-0.05, 0) is 12.1 Å². The number of ether oxygens (including phenoxy) is 3. The molecule has 1 unspecified atom stereocenters. The molecule has 0 aromatic carbocycles. The predicted octanol–water partition coefficient (Wildman–Crippen LogP) is -0.453. The Labute approximate surface area is 171 Å². The van der Waals surface area contributed by atoms with E-state index in [2.05, 4.69) is 4.98 Å². The van der Waals surface area contributed by atoms with Gasteiger partial charge in [0.25, 0.3) is 0 Å². The van der Waals surface area contributed by atoms with Crippen LogP contribution in [-0.4, -0.2) is 64.6 Å². The summed E-state index contributed by atoms with van der Waals surface area (Å²) >= 11 is 0. The molecule has 1 saturated heterocycles. The van der Waals surface area contributed by atoms with E-state index in [0.29, 0.717) is 0 Å². The second kappa shape index (κ2) is 8.62. The van der Waals surface area contributed by atoms with Gasteiger partial charge in [-0.3, -0.25) is 9.36 Å². The fourth-order valence-corrected chi connectivity index (χ4v) is 3.28. The molecule has 1 fully saturated rings. The highest BCUT2D eigenvalue weighted by Gasteiger charge is 2.58. The Morgan fingerprint density at radius 2 is 2.17 bits per heavy atom. The van der Waals surface area contributed by atoms with Crippen LogP contribution in [0.4, 0.5) is 10.2 Å². The van der Waals surface area contributed by atoms with Gasteiger partial charge in [0, 0.05) is 12.1 Å². The molecule has 0 bridgehead atoms. The summed E-state index contributed by atoms with van der Waals surface area (Å²) in [5.74, 6) is -2.11. The Morgan fingerprint density at radius 3 is 2.77 bits per heavy atom. The number of esters is 1. The van der Waals surface area contributed by atoms with Crippen LogP contribution >= 0.6 is 0 Å². The molecule has 0 radical (unpaired) electrons. The standard InChI is InChI=1S/C19H24FN3O7/c1-10(2)12(24)7-28-9-15(25)29-8-13-17(26)16(20)11-3-5-19(11,30-13)23-6-4-14(21)22-18(23)27/h3-6,10-11,13,16-17,26H,7-9H2,1-2H3,(H2,21,22,27)/t11?,13-,16-,17+,19-/m1/s1. The zero-order chi connectivity index (χ0) is 22.1. The Kier molecular flexibility index (Phi) is 6.34. The van der Waals surface area contributed by atoms with Gasteiger partial charge in [0.2, 0.25) is 0 Å². The van der Waals surface area contributed by atoms with E-state index in [-0.39, 0.29) is 24.1 Å². The van der Waals surface area contributed by atoms with Crippen LogP contribution in [-0.2, 0) is 29.5 Å². The van der Waals surface area contributed by atoms with Gasteiger partial charge in [-0.15, -0.1) is 0 Å². The van der Waals surface area contributed by atoms with Crippen LogP contribution in [0.15, 0.2) is 29.2 Å². The maximum atomic E-state index is 14.8. The molecule has 2 heterocycles. The maximum Gasteiger partial charge on any atom is 0.352 e. The number of nitrogens with zero attached hydrogens (tertiary/aromatic N) is 2. The molecule has 1 aliphatic carbocycles. The van der Waals surface area contributed by atoms with E-state index < -0.39 is 54.9 Å². The van der Waals surface area contributed by atoms with Crippen molar-refractivity contribution in [1.29, 1.82) is 0 Å². The number of alkyl halides is 1. The summed E-state index contributed by atoms with van der Waals surface area (Å²) in [4.78, 5) is 39.2. The smallest absolute Gasteiger partial charge is 0.352 e. The number of carbonyl (C=O) groups is 2. The van der Waals surface area contributed by atoms with Crippen LogP contribution in [0, 0.1) is 11.8 Å². The van der Waals surface area contributed by atoms with Gasteiger partial charge in [0.15, 0.2) is 11.5 Å². The molecule has 164 valence electrons. The van der Waals surface area contributed by atoms with Crippen LogP contribution in [0.1, 0.15) is 13.8 Å². The molecule has 10 nitrogen and oxygen atoms in total. The number of ketones is 1. The van der Waals surface area contributed by atoms with E-state index in [1.165, 1.54) is 24.4 Å². The molecule has 3 N–H and O–H groups in total. The number of fused-ring (bicyclic) bond motifs is 1. The molecule has 0 saturated carbocycles. The normalized spacial score (nSPS) is 29.9. The zero-order valence-corrected chi connectivity index (χ0v) is 16.6. The molecule has 3 rings (SSSR count). The van der Waals surface area contributed by atoms with Crippen molar-refractivity contribution in [2.45, 2.75) is 38.0 Å². The summed E-state index contributed by atoms with van der Waals surface area (Å²) in [6, 6.07) is 1.37. The molecule has 1 aliphatic heterocycles. The molecule has 0 amide bonds. The Morgan fingerprint density at radius 1 is 1.43 bits per heavy atom. The third-order valence-corrected chi connectivity index (χ3v) is 5.13. The summed E-state index contributed by atoms with van der Waals surface area (Å²) < 4.78 is 31.7. The van der Waals surface area contributed by atoms with Gasteiger partial charge >= 0.3 is 11.7 Å². The van der Waals surface area contributed by atoms with Gasteiger partial charge in [0.05, 0.1) is 5.92 Å². The van der Waals surface area contributed by atoms with Crippen molar-refractivity contribution < 1.29 is 33.3 Å². The largest absolute Gasteiger partial charge is 0.461 e. The van der Waals surface area contributed by atoms with Crippen molar-refractivity contribution in [3.05, 3.63) is 34.9 Å². The first-order chi connectivity index (χ1) is 14.2. The van der Waals surface area contributed by atoms with E-state index in [1.807, 2.05) is 0 Å². The lowest BCUT2D eigenvalue weighted by Gasteiger charge is -2.52. The van der Waals surface area contributed by atoms with Gasteiger partial charge in [-0.25, -0.2) is 14.0 Å². The van der Waals surface area contributed by atoms with Gasteiger partial charge in [0.1, 0.15) is 44.0 Å². The Hall–Kier alpha value is -2.63. The van der Waals surface area contributed by atoms with Crippen molar-refractivity contribution in [3.8, 4) is 0 Å². The molecule has 11 heteroatoms. The lowest BCUT2D eigenvalue weighted by atomic mass is 9.75. The minimum absolute atomic E-state index is 0.00146. The minimum atomic E-state index is -1.77. The molecule has 30 heavy (non-hydrogen) atoms. The number of aromatic nitrogens is 2. The topological polar surface area (TPSA) is 143 Å². The average molecular weight is 425 g/mol. The molecule has 5 atom stereocenters. The van der Waals surface area contributed by atoms with Crippen molar-refractivity contribution in [1.82, 2.24) is 9.55 Å². The predicted molar refractivity (Wildman–Crippen MR) is 101 cm³/mol. The average Bonchev–Trinajstić information content (AvgIpc) is 2.66. The van der Waals surface area contributed by atoms with Crippen LogP contribution in [0.2, 0.25) is 0 Å². The number of aliphatic hydroxyl groups is 1. The molecular formula is C19H24FN3O7.